The number of carbonyl (C=O) groups excluding carboxylic acids is 2. The molecule has 0 heterocycles. The largest absolute Gasteiger partial charge is 0.239 e. The molecule has 0 aliphatic carbocycles. The van der Waals surface area contributed by atoms with Crippen molar-refractivity contribution in [2.75, 3.05) is 6.54 Å². The van der Waals surface area contributed by atoms with Crippen LogP contribution in [0.2, 0.25) is 0 Å². The van der Waals surface area contributed by atoms with E-state index in [4.69, 9.17) is 0 Å². The van der Waals surface area contributed by atoms with Crippen LogP contribution in [0.4, 0.5) is 0 Å². The third-order valence-corrected chi connectivity index (χ3v) is 1.24. The minimum Gasteiger partial charge on any atom is -0.211 e. The van der Waals surface area contributed by atoms with Crippen molar-refractivity contribution in [1.82, 2.24) is 0 Å². The monoisotopic (exact) mass is 166 g/mol. The Labute approximate surface area is 70.7 Å². The molecule has 0 N–H and O–H groups in total. The van der Waals surface area contributed by atoms with Gasteiger partial charge >= 0.3 is 0 Å². The fraction of sp³-hybridized carbons (Fsp3) is 0.500. The second kappa shape index (κ2) is 7.61. The molecule has 0 fully saturated rings. The summed E-state index contributed by atoms with van der Waals surface area (Å²) in [4.78, 5) is 26.0. The van der Waals surface area contributed by atoms with E-state index in [-0.39, 0.29) is 0 Å². The highest BCUT2D eigenvalue weighted by Gasteiger charge is 1.88. The molecule has 12 heavy (non-hydrogen) atoms. The normalized spacial score (nSPS) is 9.92. The lowest BCUT2D eigenvalue weighted by Crippen LogP contribution is -1.82. The van der Waals surface area contributed by atoms with Crippen molar-refractivity contribution in [3.8, 4) is 0 Å². The van der Waals surface area contributed by atoms with Crippen molar-refractivity contribution in [3.63, 3.8) is 0 Å². The fourth-order valence-electron chi connectivity index (χ4n) is 0.684. The van der Waals surface area contributed by atoms with Crippen molar-refractivity contribution in [3.05, 3.63) is 11.8 Å². The van der Waals surface area contributed by atoms with Crippen LogP contribution in [0.5, 0.6) is 0 Å². The molecule has 64 valence electrons. The van der Waals surface area contributed by atoms with Gasteiger partial charge in [0, 0.05) is 6.20 Å². The second-order valence-electron chi connectivity index (χ2n) is 2.27. The summed E-state index contributed by atoms with van der Waals surface area (Å²) in [6, 6.07) is 0. The van der Waals surface area contributed by atoms with Gasteiger partial charge in [-0.2, -0.15) is 4.99 Å². The summed E-state index contributed by atoms with van der Waals surface area (Å²) in [5, 5.41) is 0. The third kappa shape index (κ3) is 6.62. The molecule has 4 nitrogen and oxygen atoms in total. The number of hydrogen-bond acceptors (Lipinski definition) is 4. The quantitative estimate of drug-likeness (QED) is 0.351. The molecule has 0 amide bonds. The zero-order chi connectivity index (χ0) is 9.23. The van der Waals surface area contributed by atoms with Gasteiger partial charge in [0.1, 0.15) is 0 Å². The van der Waals surface area contributed by atoms with E-state index in [0.717, 1.165) is 18.4 Å². The van der Waals surface area contributed by atoms with Gasteiger partial charge in [-0.1, -0.05) is 5.57 Å². The molecule has 0 aliphatic heterocycles. The maximum atomic E-state index is 9.68. The van der Waals surface area contributed by atoms with Crippen LogP contribution in [0.3, 0.4) is 0 Å². The maximum Gasteiger partial charge on any atom is 0.239 e. The van der Waals surface area contributed by atoms with Crippen molar-refractivity contribution in [2.24, 2.45) is 9.98 Å². The van der Waals surface area contributed by atoms with Crippen LogP contribution in [0.25, 0.3) is 0 Å². The summed E-state index contributed by atoms with van der Waals surface area (Å²) in [6.45, 7) is 2.32. The van der Waals surface area contributed by atoms with Crippen LogP contribution in [-0.2, 0) is 9.59 Å². The predicted molar refractivity (Wildman–Crippen MR) is 44.1 cm³/mol. The van der Waals surface area contributed by atoms with Crippen LogP contribution in [0.15, 0.2) is 21.8 Å². The Balaban J connectivity index is 3.62. The number of allylic oxidation sites excluding steroid dienone is 1. The standard InChI is InChI=1S/C8H10N2O2/c1-8(5-10-7-12)3-2-4-9-6-11/h5H,2-4H2,1H3. The summed E-state index contributed by atoms with van der Waals surface area (Å²) < 4.78 is 0. The van der Waals surface area contributed by atoms with Crippen LogP contribution >= 0.6 is 0 Å². The molecule has 0 rings (SSSR count). The molecule has 0 spiro atoms. The van der Waals surface area contributed by atoms with Gasteiger partial charge in [-0.3, -0.25) is 0 Å². The SMILES string of the molecule is CC(=CN=C=O)CCCN=C=O. The minimum absolute atomic E-state index is 0.472. The second-order valence-corrected chi connectivity index (χ2v) is 2.27. The molecule has 4 heteroatoms. The van der Waals surface area contributed by atoms with E-state index in [0.29, 0.717) is 6.54 Å². The summed E-state index contributed by atoms with van der Waals surface area (Å²) >= 11 is 0. The minimum atomic E-state index is 0.472. The van der Waals surface area contributed by atoms with Crippen LogP contribution in [-0.4, -0.2) is 18.7 Å². The van der Waals surface area contributed by atoms with Gasteiger partial charge in [0.15, 0.2) is 0 Å². The molecule has 0 aliphatic rings. The van der Waals surface area contributed by atoms with Gasteiger partial charge < -0.3 is 0 Å². The Morgan fingerprint density at radius 2 is 2.17 bits per heavy atom. The first-order valence-corrected chi connectivity index (χ1v) is 3.57. The Morgan fingerprint density at radius 1 is 1.42 bits per heavy atom. The fourth-order valence-corrected chi connectivity index (χ4v) is 0.684. The molecule has 0 radical (unpaired) electrons. The van der Waals surface area contributed by atoms with Crippen molar-refractivity contribution < 1.29 is 9.59 Å². The van der Waals surface area contributed by atoms with Crippen molar-refractivity contribution in [2.45, 2.75) is 19.8 Å². The van der Waals surface area contributed by atoms with Gasteiger partial charge in [-0.25, -0.2) is 14.6 Å². The average Bonchev–Trinajstić information content (AvgIpc) is 2.09. The first-order chi connectivity index (χ1) is 5.81. The van der Waals surface area contributed by atoms with Gasteiger partial charge in [0.25, 0.3) is 0 Å². The summed E-state index contributed by atoms with van der Waals surface area (Å²) in [7, 11) is 0. The van der Waals surface area contributed by atoms with E-state index < -0.39 is 0 Å². The van der Waals surface area contributed by atoms with E-state index in [2.05, 4.69) is 9.98 Å². The smallest absolute Gasteiger partial charge is 0.211 e. The highest BCUT2D eigenvalue weighted by molar-refractivity contribution is 5.35. The zero-order valence-corrected chi connectivity index (χ0v) is 6.91. The summed E-state index contributed by atoms with van der Waals surface area (Å²) in [5.74, 6) is 0. The van der Waals surface area contributed by atoms with E-state index in [1.54, 1.807) is 0 Å². The van der Waals surface area contributed by atoms with Crippen LogP contribution in [0.1, 0.15) is 19.8 Å². The summed E-state index contributed by atoms with van der Waals surface area (Å²) in [5.41, 5.74) is 0.972. The maximum absolute atomic E-state index is 9.68. The topological polar surface area (TPSA) is 58.9 Å². The predicted octanol–water partition coefficient (Wildman–Crippen LogP) is 1.34. The number of nitrogens with zero attached hydrogens (tertiary/aromatic N) is 2. The average molecular weight is 166 g/mol. The Hall–Kier alpha value is -1.50. The highest BCUT2D eigenvalue weighted by Crippen LogP contribution is 2.03. The lowest BCUT2D eigenvalue weighted by molar-refractivity contribution is 0.562. The molecule has 0 bridgehead atoms. The highest BCUT2D eigenvalue weighted by atomic mass is 16.1. The molecule has 0 unspecified atom stereocenters. The van der Waals surface area contributed by atoms with Crippen LogP contribution in [0, 0.1) is 0 Å². The Bertz CT molecular complexity index is 246. The van der Waals surface area contributed by atoms with Crippen molar-refractivity contribution in [1.29, 1.82) is 0 Å². The van der Waals surface area contributed by atoms with E-state index in [1.165, 1.54) is 18.4 Å². The molecule has 0 aromatic carbocycles. The first kappa shape index (κ1) is 10.5. The molecule has 0 aromatic heterocycles. The van der Waals surface area contributed by atoms with Gasteiger partial charge in [0.05, 0.1) is 6.54 Å². The van der Waals surface area contributed by atoms with Gasteiger partial charge in [-0.05, 0) is 19.8 Å². The van der Waals surface area contributed by atoms with Crippen molar-refractivity contribution >= 4 is 12.2 Å². The molecule has 0 saturated heterocycles. The van der Waals surface area contributed by atoms with Crippen LogP contribution < -0.4 is 0 Å². The first-order valence-electron chi connectivity index (χ1n) is 3.57. The molecule has 0 aromatic rings. The Kier molecular flexibility index (Phi) is 6.65. The van der Waals surface area contributed by atoms with E-state index in [9.17, 15) is 9.59 Å². The summed E-state index contributed by atoms with van der Waals surface area (Å²) in [6.07, 6.45) is 5.87. The molecule has 0 atom stereocenters. The molecule has 0 saturated carbocycles. The van der Waals surface area contributed by atoms with E-state index >= 15 is 0 Å². The van der Waals surface area contributed by atoms with Gasteiger partial charge in [-0.15, -0.1) is 0 Å². The lowest BCUT2D eigenvalue weighted by atomic mass is 10.2. The number of rotatable bonds is 5. The lowest BCUT2D eigenvalue weighted by Gasteiger charge is -1.93. The van der Waals surface area contributed by atoms with E-state index in [1.807, 2.05) is 6.92 Å². The molecular formula is C8H10N2O2. The number of aliphatic imine (C=N–C) groups is 2. The third-order valence-electron chi connectivity index (χ3n) is 1.24. The Morgan fingerprint density at radius 3 is 2.75 bits per heavy atom. The number of hydrogen-bond donors (Lipinski definition) is 0. The number of isocyanates is 2. The molecular weight excluding hydrogens is 156 g/mol. The van der Waals surface area contributed by atoms with Gasteiger partial charge in [0.2, 0.25) is 12.2 Å². The zero-order valence-electron chi connectivity index (χ0n) is 6.91.